The second-order valence-electron chi connectivity index (χ2n) is 6.26. The van der Waals surface area contributed by atoms with Crippen LogP contribution in [0.4, 0.5) is 11.4 Å². The van der Waals surface area contributed by atoms with E-state index in [1.807, 2.05) is 30.6 Å². The van der Waals surface area contributed by atoms with E-state index in [4.69, 9.17) is 28.4 Å². The maximum Gasteiger partial charge on any atom is 0.245 e. The number of methoxy groups -OCH3 is 6. The highest BCUT2D eigenvalue weighted by Gasteiger charge is 2.32. The summed E-state index contributed by atoms with van der Waals surface area (Å²) in [4.78, 5) is 2.07. The van der Waals surface area contributed by atoms with Crippen LogP contribution in [0.25, 0.3) is 0 Å². The van der Waals surface area contributed by atoms with Crippen LogP contribution in [0.3, 0.4) is 0 Å². The van der Waals surface area contributed by atoms with E-state index in [0.717, 1.165) is 24.5 Å². The Bertz CT molecular complexity index is 862. The SMILES string of the molecule is COc1cc(OC)c(N2C=[N+](c3c(OC)cc(OC)cc3OC)CC2)c(OC)c1. The lowest BCUT2D eigenvalue weighted by Crippen LogP contribution is -2.19. The number of hydrogen-bond donors (Lipinski definition) is 0. The third kappa shape index (κ3) is 3.83. The van der Waals surface area contributed by atoms with Crippen LogP contribution in [0.2, 0.25) is 0 Å². The van der Waals surface area contributed by atoms with Crippen molar-refractivity contribution >= 4 is 17.7 Å². The molecule has 0 saturated carbocycles. The average molecular weight is 403 g/mol. The molecule has 0 aliphatic carbocycles. The van der Waals surface area contributed by atoms with Crippen LogP contribution in [0, 0.1) is 0 Å². The predicted octanol–water partition coefficient (Wildman–Crippen LogP) is 2.93. The second kappa shape index (κ2) is 8.81. The van der Waals surface area contributed by atoms with E-state index in [9.17, 15) is 0 Å². The molecular weight excluding hydrogens is 376 g/mol. The highest BCUT2D eigenvalue weighted by atomic mass is 16.5. The molecule has 29 heavy (non-hydrogen) atoms. The average Bonchev–Trinajstić information content (AvgIpc) is 3.25. The molecule has 0 amide bonds. The molecular formula is C21H27N2O6+. The van der Waals surface area contributed by atoms with Crippen LogP contribution in [0.15, 0.2) is 24.3 Å². The van der Waals surface area contributed by atoms with Crippen molar-refractivity contribution in [3.63, 3.8) is 0 Å². The van der Waals surface area contributed by atoms with Gasteiger partial charge in [-0.3, -0.25) is 0 Å². The van der Waals surface area contributed by atoms with Crippen molar-refractivity contribution in [2.45, 2.75) is 0 Å². The number of rotatable bonds is 8. The topological polar surface area (TPSA) is 61.6 Å². The standard InChI is InChI=1S/C21H27N2O6/c1-24-14-9-16(26-3)20(17(10-14)27-4)22-7-8-23(13-22)21-18(28-5)11-15(25-2)12-19(21)29-6/h9-13H,7-8H2,1-6H3/q+1. The van der Waals surface area contributed by atoms with Crippen molar-refractivity contribution < 1.29 is 33.0 Å². The van der Waals surface area contributed by atoms with Gasteiger partial charge in [-0.1, -0.05) is 0 Å². The van der Waals surface area contributed by atoms with Crippen LogP contribution in [0.5, 0.6) is 34.5 Å². The Kier molecular flexibility index (Phi) is 6.21. The van der Waals surface area contributed by atoms with E-state index in [0.29, 0.717) is 34.5 Å². The predicted molar refractivity (Wildman–Crippen MR) is 110 cm³/mol. The van der Waals surface area contributed by atoms with E-state index in [1.165, 1.54) is 0 Å². The number of nitrogens with zero attached hydrogens (tertiary/aromatic N) is 2. The molecule has 3 rings (SSSR count). The molecule has 0 spiro atoms. The Morgan fingerprint density at radius 1 is 0.655 bits per heavy atom. The first kappa shape index (κ1) is 20.4. The molecule has 1 heterocycles. The first-order valence-electron chi connectivity index (χ1n) is 9.08. The van der Waals surface area contributed by atoms with Gasteiger partial charge in [0.2, 0.25) is 17.7 Å². The maximum absolute atomic E-state index is 5.60. The van der Waals surface area contributed by atoms with E-state index >= 15 is 0 Å². The molecule has 0 N–H and O–H groups in total. The molecule has 0 saturated heterocycles. The van der Waals surface area contributed by atoms with Gasteiger partial charge in [-0.2, -0.15) is 0 Å². The molecule has 8 heteroatoms. The molecule has 0 unspecified atom stereocenters. The number of ether oxygens (including phenoxy) is 6. The molecule has 2 aromatic carbocycles. The van der Waals surface area contributed by atoms with Crippen LogP contribution in [-0.4, -0.2) is 66.7 Å². The summed E-state index contributed by atoms with van der Waals surface area (Å²) in [5, 5.41) is 0. The third-order valence-corrected chi connectivity index (χ3v) is 4.81. The van der Waals surface area contributed by atoms with Gasteiger partial charge in [-0.15, -0.1) is 0 Å². The summed E-state index contributed by atoms with van der Waals surface area (Å²) in [6.45, 7) is 1.44. The number of anilines is 1. The summed E-state index contributed by atoms with van der Waals surface area (Å²) in [6, 6.07) is 7.34. The van der Waals surface area contributed by atoms with Crippen molar-refractivity contribution in [1.29, 1.82) is 0 Å². The Balaban J connectivity index is 2.09. The van der Waals surface area contributed by atoms with Crippen molar-refractivity contribution in [1.82, 2.24) is 0 Å². The number of benzene rings is 2. The first-order chi connectivity index (χ1) is 14.1. The van der Waals surface area contributed by atoms with Crippen molar-refractivity contribution in [3.05, 3.63) is 24.3 Å². The highest BCUT2D eigenvalue weighted by molar-refractivity contribution is 5.86. The fourth-order valence-corrected chi connectivity index (χ4v) is 3.38. The first-order valence-corrected chi connectivity index (χ1v) is 9.08. The minimum atomic E-state index is 0.660. The summed E-state index contributed by atoms with van der Waals surface area (Å²) in [5.41, 5.74) is 1.65. The molecule has 1 aliphatic heterocycles. The van der Waals surface area contributed by atoms with Gasteiger partial charge >= 0.3 is 0 Å². The smallest absolute Gasteiger partial charge is 0.245 e. The molecule has 0 bridgehead atoms. The molecule has 0 aromatic heterocycles. The zero-order valence-electron chi connectivity index (χ0n) is 17.6. The van der Waals surface area contributed by atoms with E-state index in [1.54, 1.807) is 42.7 Å². The molecule has 1 aliphatic rings. The van der Waals surface area contributed by atoms with Gasteiger partial charge in [0.05, 0.1) is 42.7 Å². The molecule has 8 nitrogen and oxygen atoms in total. The van der Waals surface area contributed by atoms with Crippen molar-refractivity contribution in [3.8, 4) is 34.5 Å². The van der Waals surface area contributed by atoms with Crippen molar-refractivity contribution in [2.24, 2.45) is 0 Å². The number of hydrogen-bond acceptors (Lipinski definition) is 7. The van der Waals surface area contributed by atoms with Gasteiger partial charge in [0.25, 0.3) is 0 Å². The largest absolute Gasteiger partial charge is 0.496 e. The summed E-state index contributed by atoms with van der Waals surface area (Å²) < 4.78 is 35.2. The third-order valence-electron chi connectivity index (χ3n) is 4.81. The van der Waals surface area contributed by atoms with Crippen LogP contribution in [0.1, 0.15) is 0 Å². The fraction of sp³-hybridized carbons (Fsp3) is 0.381. The Morgan fingerprint density at radius 3 is 1.52 bits per heavy atom. The van der Waals surface area contributed by atoms with E-state index < -0.39 is 0 Å². The van der Waals surface area contributed by atoms with Gasteiger partial charge in [0.1, 0.15) is 24.6 Å². The quantitative estimate of drug-likeness (QED) is 0.628. The molecule has 0 radical (unpaired) electrons. The van der Waals surface area contributed by atoms with Crippen LogP contribution >= 0.6 is 0 Å². The zero-order valence-corrected chi connectivity index (χ0v) is 17.6. The summed E-state index contributed by atoms with van der Waals surface area (Å²) in [5.74, 6) is 3.97. The van der Waals surface area contributed by atoms with E-state index in [2.05, 4.69) is 9.48 Å². The Hall–Kier alpha value is -3.29. The van der Waals surface area contributed by atoms with Gasteiger partial charge < -0.3 is 28.4 Å². The van der Waals surface area contributed by atoms with Crippen molar-refractivity contribution in [2.75, 3.05) is 60.6 Å². The van der Waals surface area contributed by atoms with Crippen LogP contribution in [-0.2, 0) is 0 Å². The lowest BCUT2D eigenvalue weighted by Gasteiger charge is -2.16. The molecule has 0 fully saturated rings. The molecule has 156 valence electrons. The zero-order chi connectivity index (χ0) is 21.0. The minimum absolute atomic E-state index is 0.660. The van der Waals surface area contributed by atoms with Gasteiger partial charge in [-0.05, 0) is 0 Å². The highest BCUT2D eigenvalue weighted by Crippen LogP contribution is 2.44. The minimum Gasteiger partial charge on any atom is -0.496 e. The van der Waals surface area contributed by atoms with Gasteiger partial charge in [0, 0.05) is 24.3 Å². The second-order valence-corrected chi connectivity index (χ2v) is 6.26. The summed E-state index contributed by atoms with van der Waals surface area (Å²) in [7, 11) is 9.73. The van der Waals surface area contributed by atoms with Crippen LogP contribution < -0.4 is 33.3 Å². The van der Waals surface area contributed by atoms with Gasteiger partial charge in [-0.25, -0.2) is 9.48 Å². The van der Waals surface area contributed by atoms with Gasteiger partial charge in [0.15, 0.2) is 23.0 Å². The summed E-state index contributed by atoms with van der Waals surface area (Å²) in [6.07, 6.45) is 1.99. The molecule has 0 atom stereocenters. The Labute approximate surface area is 170 Å². The van der Waals surface area contributed by atoms with E-state index in [-0.39, 0.29) is 0 Å². The lowest BCUT2D eigenvalue weighted by atomic mass is 10.2. The maximum atomic E-state index is 5.60. The normalized spacial score (nSPS) is 13.0. The fourth-order valence-electron chi connectivity index (χ4n) is 3.38. The summed E-state index contributed by atoms with van der Waals surface area (Å²) >= 11 is 0. The molecule has 2 aromatic rings. The monoisotopic (exact) mass is 403 g/mol. The lowest BCUT2D eigenvalue weighted by molar-refractivity contribution is -0.425. The Morgan fingerprint density at radius 2 is 1.10 bits per heavy atom.